The SMILES string of the molecule is CCS(=O)(=O)N1CCCC(C(=O)N(C)c2ccc(C)c(C)c2)C1. The van der Waals surface area contributed by atoms with Crippen LogP contribution < -0.4 is 4.90 Å². The first-order valence-corrected chi connectivity index (χ1v) is 9.70. The number of benzene rings is 1. The van der Waals surface area contributed by atoms with Crippen LogP contribution in [0.1, 0.15) is 30.9 Å². The third kappa shape index (κ3) is 3.93. The Labute approximate surface area is 139 Å². The third-order valence-electron chi connectivity index (χ3n) is 4.70. The Balaban J connectivity index is 2.14. The van der Waals surface area contributed by atoms with Gasteiger partial charge in [-0.05, 0) is 56.9 Å². The summed E-state index contributed by atoms with van der Waals surface area (Å²) in [6.07, 6.45) is 1.47. The minimum absolute atomic E-state index is 0.00995. The topological polar surface area (TPSA) is 57.7 Å². The van der Waals surface area contributed by atoms with Crippen LogP contribution in [0.15, 0.2) is 18.2 Å². The van der Waals surface area contributed by atoms with Crippen molar-refractivity contribution in [1.82, 2.24) is 4.31 Å². The minimum Gasteiger partial charge on any atom is -0.315 e. The normalized spacial score (nSPS) is 19.6. The molecule has 6 heteroatoms. The molecule has 2 rings (SSSR count). The van der Waals surface area contributed by atoms with Gasteiger partial charge in [0.05, 0.1) is 11.7 Å². The van der Waals surface area contributed by atoms with E-state index in [0.717, 1.165) is 24.1 Å². The van der Waals surface area contributed by atoms with E-state index >= 15 is 0 Å². The minimum atomic E-state index is -3.23. The number of carbonyl (C=O) groups is 1. The zero-order valence-electron chi connectivity index (χ0n) is 14.4. The summed E-state index contributed by atoms with van der Waals surface area (Å²) < 4.78 is 25.6. The molecule has 0 aliphatic carbocycles. The molecule has 1 fully saturated rings. The van der Waals surface area contributed by atoms with E-state index in [1.807, 2.05) is 32.0 Å². The second kappa shape index (κ2) is 7.01. The maximum Gasteiger partial charge on any atom is 0.231 e. The number of rotatable bonds is 4. The lowest BCUT2D eigenvalue weighted by Gasteiger charge is -2.33. The number of sulfonamides is 1. The number of nitrogens with zero attached hydrogens (tertiary/aromatic N) is 2. The zero-order valence-corrected chi connectivity index (χ0v) is 15.2. The monoisotopic (exact) mass is 338 g/mol. The molecule has 0 radical (unpaired) electrons. The summed E-state index contributed by atoms with van der Waals surface area (Å²) in [5, 5.41) is 0. The van der Waals surface area contributed by atoms with E-state index < -0.39 is 10.0 Å². The molecule has 23 heavy (non-hydrogen) atoms. The van der Waals surface area contributed by atoms with Crippen molar-refractivity contribution in [2.75, 3.05) is 30.8 Å². The van der Waals surface area contributed by atoms with Crippen LogP contribution in [-0.2, 0) is 14.8 Å². The molecule has 0 N–H and O–H groups in total. The molecule has 0 saturated carbocycles. The molecule has 0 spiro atoms. The van der Waals surface area contributed by atoms with E-state index in [4.69, 9.17) is 0 Å². The molecule has 1 heterocycles. The van der Waals surface area contributed by atoms with E-state index in [1.165, 1.54) is 9.87 Å². The molecule has 1 unspecified atom stereocenters. The number of carbonyl (C=O) groups excluding carboxylic acids is 1. The smallest absolute Gasteiger partial charge is 0.231 e. The number of aryl methyl sites for hydroxylation is 2. The number of piperidine rings is 1. The summed E-state index contributed by atoms with van der Waals surface area (Å²) in [7, 11) is -1.46. The largest absolute Gasteiger partial charge is 0.315 e. The Bertz CT molecular complexity index is 685. The predicted octanol–water partition coefficient (Wildman–Crippen LogP) is 2.33. The van der Waals surface area contributed by atoms with Crippen LogP contribution in [0, 0.1) is 19.8 Å². The molecule has 5 nitrogen and oxygen atoms in total. The summed E-state index contributed by atoms with van der Waals surface area (Å²) in [6.45, 7) is 6.52. The van der Waals surface area contributed by atoms with Gasteiger partial charge >= 0.3 is 0 Å². The van der Waals surface area contributed by atoms with Gasteiger partial charge in [0, 0.05) is 25.8 Å². The average molecular weight is 338 g/mol. The lowest BCUT2D eigenvalue weighted by molar-refractivity contribution is -0.123. The molecule has 128 valence electrons. The zero-order chi connectivity index (χ0) is 17.2. The Hall–Kier alpha value is -1.40. The number of amides is 1. The molecule has 1 amide bonds. The Kier molecular flexibility index (Phi) is 5.47. The van der Waals surface area contributed by atoms with E-state index in [9.17, 15) is 13.2 Å². The van der Waals surface area contributed by atoms with Crippen molar-refractivity contribution in [3.8, 4) is 0 Å². The van der Waals surface area contributed by atoms with E-state index in [2.05, 4.69) is 0 Å². The summed E-state index contributed by atoms with van der Waals surface area (Å²) >= 11 is 0. The van der Waals surface area contributed by atoms with Gasteiger partial charge in [-0.15, -0.1) is 0 Å². The fraction of sp³-hybridized carbons (Fsp3) is 0.588. The van der Waals surface area contributed by atoms with E-state index in [1.54, 1.807) is 18.9 Å². The fourth-order valence-corrected chi connectivity index (χ4v) is 4.09. The summed E-state index contributed by atoms with van der Waals surface area (Å²) in [6, 6.07) is 5.93. The van der Waals surface area contributed by atoms with Crippen LogP contribution in [0.3, 0.4) is 0 Å². The molecule has 0 aromatic heterocycles. The van der Waals surface area contributed by atoms with Gasteiger partial charge in [0.2, 0.25) is 15.9 Å². The Morgan fingerprint density at radius 2 is 2.00 bits per heavy atom. The number of anilines is 1. The molecule has 1 atom stereocenters. The highest BCUT2D eigenvalue weighted by atomic mass is 32.2. The van der Waals surface area contributed by atoms with Crippen molar-refractivity contribution in [3.05, 3.63) is 29.3 Å². The summed E-state index contributed by atoms with van der Waals surface area (Å²) in [5.41, 5.74) is 3.18. The maximum atomic E-state index is 12.8. The first-order chi connectivity index (χ1) is 10.8. The van der Waals surface area contributed by atoms with Crippen LogP contribution in [0.5, 0.6) is 0 Å². The lowest BCUT2D eigenvalue weighted by atomic mass is 9.98. The van der Waals surface area contributed by atoms with Gasteiger partial charge in [0.15, 0.2) is 0 Å². The van der Waals surface area contributed by atoms with Crippen molar-refractivity contribution in [2.24, 2.45) is 5.92 Å². The highest BCUT2D eigenvalue weighted by Gasteiger charge is 2.33. The van der Waals surface area contributed by atoms with Gasteiger partial charge in [-0.1, -0.05) is 6.07 Å². The molecule has 1 saturated heterocycles. The summed E-state index contributed by atoms with van der Waals surface area (Å²) in [5.74, 6) is -0.193. The van der Waals surface area contributed by atoms with Crippen LogP contribution in [0.4, 0.5) is 5.69 Å². The maximum absolute atomic E-state index is 12.8. The molecule has 0 bridgehead atoms. The second-order valence-electron chi connectivity index (χ2n) is 6.26. The molecule has 1 aliphatic heterocycles. The number of hydrogen-bond donors (Lipinski definition) is 0. The van der Waals surface area contributed by atoms with Gasteiger partial charge in [-0.25, -0.2) is 12.7 Å². The summed E-state index contributed by atoms with van der Waals surface area (Å²) in [4.78, 5) is 14.4. The van der Waals surface area contributed by atoms with Gasteiger partial charge in [0.1, 0.15) is 0 Å². The fourth-order valence-electron chi connectivity index (χ4n) is 2.91. The van der Waals surface area contributed by atoms with E-state index in [-0.39, 0.29) is 17.6 Å². The van der Waals surface area contributed by atoms with Crippen LogP contribution in [0.25, 0.3) is 0 Å². The van der Waals surface area contributed by atoms with Crippen LogP contribution >= 0.6 is 0 Å². The van der Waals surface area contributed by atoms with Crippen molar-refractivity contribution >= 4 is 21.6 Å². The third-order valence-corrected chi connectivity index (χ3v) is 6.55. The van der Waals surface area contributed by atoms with Gasteiger partial charge < -0.3 is 4.90 Å². The van der Waals surface area contributed by atoms with Crippen molar-refractivity contribution in [3.63, 3.8) is 0 Å². The Morgan fingerprint density at radius 1 is 1.30 bits per heavy atom. The average Bonchev–Trinajstić information content (AvgIpc) is 2.56. The quantitative estimate of drug-likeness (QED) is 0.846. The van der Waals surface area contributed by atoms with Crippen molar-refractivity contribution < 1.29 is 13.2 Å². The van der Waals surface area contributed by atoms with Gasteiger partial charge in [-0.2, -0.15) is 0 Å². The standard InChI is InChI=1S/C17H26N2O3S/c1-5-23(21,22)19-10-6-7-15(12-19)17(20)18(4)16-9-8-13(2)14(3)11-16/h8-9,11,15H,5-7,10,12H2,1-4H3. The van der Waals surface area contributed by atoms with Crippen LogP contribution in [-0.4, -0.2) is 44.5 Å². The first kappa shape index (κ1) is 17.9. The van der Waals surface area contributed by atoms with Gasteiger partial charge in [0.25, 0.3) is 0 Å². The number of hydrogen-bond acceptors (Lipinski definition) is 3. The molecular formula is C17H26N2O3S. The van der Waals surface area contributed by atoms with Crippen molar-refractivity contribution in [1.29, 1.82) is 0 Å². The predicted molar refractivity (Wildman–Crippen MR) is 93.1 cm³/mol. The lowest BCUT2D eigenvalue weighted by Crippen LogP contribution is -2.46. The Morgan fingerprint density at radius 3 is 2.61 bits per heavy atom. The first-order valence-electron chi connectivity index (χ1n) is 8.09. The highest BCUT2D eigenvalue weighted by molar-refractivity contribution is 7.89. The molecular weight excluding hydrogens is 312 g/mol. The highest BCUT2D eigenvalue weighted by Crippen LogP contribution is 2.24. The van der Waals surface area contributed by atoms with Crippen molar-refractivity contribution in [2.45, 2.75) is 33.6 Å². The molecule has 1 aromatic rings. The van der Waals surface area contributed by atoms with Gasteiger partial charge in [-0.3, -0.25) is 4.79 Å². The van der Waals surface area contributed by atoms with Crippen LogP contribution in [0.2, 0.25) is 0 Å². The molecule has 1 aliphatic rings. The molecule has 1 aromatic carbocycles. The second-order valence-corrected chi connectivity index (χ2v) is 8.52. The van der Waals surface area contributed by atoms with E-state index in [0.29, 0.717) is 13.1 Å².